The first kappa shape index (κ1) is 20.5. The van der Waals surface area contributed by atoms with Gasteiger partial charge in [-0.1, -0.05) is 0 Å². The number of rotatable bonds is 6. The molecule has 0 unspecified atom stereocenters. The second-order valence-electron chi connectivity index (χ2n) is 7.23. The van der Waals surface area contributed by atoms with E-state index in [0.717, 1.165) is 26.2 Å². The molecule has 29 heavy (non-hydrogen) atoms. The van der Waals surface area contributed by atoms with Gasteiger partial charge in [-0.15, -0.1) is 0 Å². The van der Waals surface area contributed by atoms with Crippen molar-refractivity contribution in [3.05, 3.63) is 41.9 Å². The van der Waals surface area contributed by atoms with Gasteiger partial charge in [0.2, 0.25) is 0 Å². The Morgan fingerprint density at radius 2 is 1.97 bits per heavy atom. The Hall–Kier alpha value is -3.20. The van der Waals surface area contributed by atoms with Crippen LogP contribution in [0.2, 0.25) is 0 Å². The van der Waals surface area contributed by atoms with E-state index in [1.807, 2.05) is 0 Å². The minimum absolute atomic E-state index is 0.235. The van der Waals surface area contributed by atoms with E-state index < -0.39 is 5.91 Å². The highest BCUT2D eigenvalue weighted by molar-refractivity contribution is 6.00. The van der Waals surface area contributed by atoms with Crippen molar-refractivity contribution in [2.45, 2.75) is 6.42 Å². The van der Waals surface area contributed by atoms with E-state index in [-0.39, 0.29) is 5.91 Å². The van der Waals surface area contributed by atoms with Crippen molar-refractivity contribution in [2.75, 3.05) is 39.8 Å². The van der Waals surface area contributed by atoms with Crippen LogP contribution in [-0.4, -0.2) is 76.8 Å². The van der Waals surface area contributed by atoms with Crippen LogP contribution in [0.5, 0.6) is 0 Å². The SMILES string of the molecule is CN1CCN(C(=N)CCNC(=O)c2cc(-c3ncccc3C(N)=O)cn2C)CC1. The molecule has 1 aliphatic rings. The molecule has 0 aromatic carbocycles. The summed E-state index contributed by atoms with van der Waals surface area (Å²) in [6.45, 7) is 3.97. The van der Waals surface area contributed by atoms with Gasteiger partial charge in [0.05, 0.1) is 17.1 Å². The molecule has 0 aliphatic carbocycles. The smallest absolute Gasteiger partial charge is 0.267 e. The third-order valence-corrected chi connectivity index (χ3v) is 5.12. The maximum Gasteiger partial charge on any atom is 0.267 e. The molecular weight excluding hydrogens is 370 g/mol. The highest BCUT2D eigenvalue weighted by Crippen LogP contribution is 2.23. The van der Waals surface area contributed by atoms with Crippen LogP contribution in [0.25, 0.3) is 11.3 Å². The van der Waals surface area contributed by atoms with Crippen molar-refractivity contribution in [1.82, 2.24) is 24.7 Å². The molecule has 154 valence electrons. The molecule has 2 aromatic rings. The number of pyridine rings is 1. The van der Waals surface area contributed by atoms with E-state index in [4.69, 9.17) is 11.1 Å². The van der Waals surface area contributed by atoms with Gasteiger partial charge in [0.25, 0.3) is 11.8 Å². The average Bonchev–Trinajstić information content (AvgIpc) is 3.10. The highest BCUT2D eigenvalue weighted by Gasteiger charge is 2.19. The fourth-order valence-corrected chi connectivity index (χ4v) is 3.37. The largest absolute Gasteiger partial charge is 0.366 e. The molecule has 1 fully saturated rings. The minimum atomic E-state index is -0.564. The second kappa shape index (κ2) is 8.87. The first-order valence-electron chi connectivity index (χ1n) is 9.57. The van der Waals surface area contributed by atoms with Crippen molar-refractivity contribution >= 4 is 17.6 Å². The summed E-state index contributed by atoms with van der Waals surface area (Å²) in [6.07, 6.45) is 3.81. The molecule has 9 nitrogen and oxygen atoms in total. The lowest BCUT2D eigenvalue weighted by Crippen LogP contribution is -2.47. The van der Waals surface area contributed by atoms with Gasteiger partial charge < -0.3 is 25.4 Å². The number of amidine groups is 1. The number of carbonyl (C=O) groups excluding carboxylic acids is 2. The van der Waals surface area contributed by atoms with Gasteiger partial charge in [-0.25, -0.2) is 0 Å². The quantitative estimate of drug-likeness (QED) is 0.485. The summed E-state index contributed by atoms with van der Waals surface area (Å²) >= 11 is 0. The lowest BCUT2D eigenvalue weighted by atomic mass is 10.1. The predicted molar refractivity (Wildman–Crippen MR) is 111 cm³/mol. The monoisotopic (exact) mass is 397 g/mol. The molecule has 0 atom stereocenters. The van der Waals surface area contributed by atoms with Crippen LogP contribution < -0.4 is 11.1 Å². The van der Waals surface area contributed by atoms with E-state index in [2.05, 4.69) is 27.1 Å². The van der Waals surface area contributed by atoms with E-state index in [1.165, 1.54) is 0 Å². The highest BCUT2D eigenvalue weighted by atomic mass is 16.2. The van der Waals surface area contributed by atoms with E-state index in [9.17, 15) is 9.59 Å². The topological polar surface area (TPSA) is 120 Å². The number of nitrogens with two attached hydrogens (primary N) is 1. The van der Waals surface area contributed by atoms with Gasteiger partial charge in [0.15, 0.2) is 0 Å². The molecule has 3 heterocycles. The Labute approximate surface area is 170 Å². The van der Waals surface area contributed by atoms with Crippen LogP contribution in [0.3, 0.4) is 0 Å². The Kier molecular flexibility index (Phi) is 6.28. The predicted octanol–water partition coefficient (Wildman–Crippen LogP) is 0.531. The number of aryl methyl sites for hydroxylation is 1. The average molecular weight is 397 g/mol. The second-order valence-corrected chi connectivity index (χ2v) is 7.23. The summed E-state index contributed by atoms with van der Waals surface area (Å²) < 4.78 is 1.69. The zero-order valence-corrected chi connectivity index (χ0v) is 16.8. The van der Waals surface area contributed by atoms with E-state index in [1.54, 1.807) is 42.2 Å². The van der Waals surface area contributed by atoms with Gasteiger partial charge in [-0.3, -0.25) is 20.0 Å². The van der Waals surface area contributed by atoms with Crippen LogP contribution in [0.15, 0.2) is 30.6 Å². The van der Waals surface area contributed by atoms with E-state index in [0.29, 0.717) is 41.3 Å². The third kappa shape index (κ3) is 4.80. The molecule has 4 N–H and O–H groups in total. The maximum atomic E-state index is 12.6. The number of likely N-dealkylation sites (N-methyl/N-ethyl adjacent to an activating group) is 1. The van der Waals surface area contributed by atoms with Crippen LogP contribution in [-0.2, 0) is 7.05 Å². The normalized spacial score (nSPS) is 14.6. The fourth-order valence-electron chi connectivity index (χ4n) is 3.37. The Balaban J connectivity index is 1.61. The van der Waals surface area contributed by atoms with Gasteiger partial charge in [-0.05, 0) is 25.2 Å². The first-order chi connectivity index (χ1) is 13.9. The molecule has 9 heteroatoms. The van der Waals surface area contributed by atoms with Crippen molar-refractivity contribution in [2.24, 2.45) is 12.8 Å². The van der Waals surface area contributed by atoms with Crippen molar-refractivity contribution in [3.8, 4) is 11.3 Å². The van der Waals surface area contributed by atoms with Gasteiger partial charge in [-0.2, -0.15) is 0 Å². The van der Waals surface area contributed by atoms with Crippen molar-refractivity contribution in [1.29, 1.82) is 5.41 Å². The number of nitrogens with one attached hydrogen (secondary N) is 2. The first-order valence-corrected chi connectivity index (χ1v) is 9.57. The standard InChI is InChI=1S/C20H27N7O2/c1-25-8-10-27(11-9-25)17(21)5-7-24-20(29)16-12-14(13-26(16)2)18-15(19(22)28)4-3-6-23-18/h3-4,6,12-13,21H,5,7-11H2,1-2H3,(H2,22,28)(H,24,29). The molecule has 3 rings (SSSR count). The lowest BCUT2D eigenvalue weighted by Gasteiger charge is -2.34. The Morgan fingerprint density at radius 1 is 1.24 bits per heavy atom. The van der Waals surface area contributed by atoms with Gasteiger partial charge >= 0.3 is 0 Å². The van der Waals surface area contributed by atoms with Crippen LogP contribution in [0.1, 0.15) is 27.3 Å². The van der Waals surface area contributed by atoms with E-state index >= 15 is 0 Å². The molecular formula is C20H27N7O2. The molecule has 0 bridgehead atoms. The number of nitrogens with zero attached hydrogens (tertiary/aromatic N) is 4. The summed E-state index contributed by atoms with van der Waals surface area (Å²) in [5.41, 5.74) is 7.29. The number of carbonyl (C=O) groups is 2. The van der Waals surface area contributed by atoms with Crippen LogP contribution in [0, 0.1) is 5.41 Å². The molecule has 2 aromatic heterocycles. The zero-order valence-electron chi connectivity index (χ0n) is 16.8. The van der Waals surface area contributed by atoms with Gasteiger partial charge in [0.1, 0.15) is 5.69 Å². The maximum absolute atomic E-state index is 12.6. The number of primary amides is 1. The molecule has 0 saturated carbocycles. The summed E-state index contributed by atoms with van der Waals surface area (Å²) in [7, 11) is 3.84. The molecule has 1 saturated heterocycles. The zero-order chi connectivity index (χ0) is 21.0. The van der Waals surface area contributed by atoms with Crippen molar-refractivity contribution in [3.63, 3.8) is 0 Å². The molecule has 0 spiro atoms. The fraction of sp³-hybridized carbons (Fsp3) is 0.400. The summed E-state index contributed by atoms with van der Waals surface area (Å²) in [4.78, 5) is 32.8. The number of hydrogen-bond acceptors (Lipinski definition) is 5. The molecule has 1 aliphatic heterocycles. The lowest BCUT2D eigenvalue weighted by molar-refractivity contribution is 0.0945. The Morgan fingerprint density at radius 3 is 2.66 bits per heavy atom. The number of aromatic nitrogens is 2. The minimum Gasteiger partial charge on any atom is -0.366 e. The Bertz CT molecular complexity index is 913. The van der Waals surface area contributed by atoms with Crippen LogP contribution in [0.4, 0.5) is 0 Å². The van der Waals surface area contributed by atoms with Gasteiger partial charge in [0, 0.05) is 64.1 Å². The molecule has 2 amide bonds. The summed E-state index contributed by atoms with van der Waals surface area (Å²) in [6, 6.07) is 4.95. The number of hydrogen-bond donors (Lipinski definition) is 3. The molecule has 0 radical (unpaired) electrons. The summed E-state index contributed by atoms with van der Waals surface area (Å²) in [5, 5.41) is 11.1. The van der Waals surface area contributed by atoms with Crippen LogP contribution >= 0.6 is 0 Å². The third-order valence-electron chi connectivity index (χ3n) is 5.12. The number of amides is 2. The van der Waals surface area contributed by atoms with Crippen molar-refractivity contribution < 1.29 is 9.59 Å². The summed E-state index contributed by atoms with van der Waals surface area (Å²) in [5.74, 6) is -0.252. The number of piperazine rings is 1.